The number of nitrogens with zero attached hydrogens (tertiary/aromatic N) is 3. The molecule has 0 N–H and O–H groups in total. The number of anilines is 1. The largest absolute Gasteiger partial charge is 0.265 e. The Morgan fingerprint density at radius 2 is 1.83 bits per heavy atom. The van der Waals surface area contributed by atoms with Crippen LogP contribution in [0.1, 0.15) is 5.69 Å². The number of sulfonamides is 1. The van der Waals surface area contributed by atoms with Gasteiger partial charge >= 0.3 is 0 Å². The van der Waals surface area contributed by atoms with Crippen LogP contribution in [0.4, 0.5) is 5.69 Å². The molecular formula is C12H13N3O2S. The molecule has 0 saturated carbocycles. The van der Waals surface area contributed by atoms with E-state index in [2.05, 4.69) is 9.97 Å². The molecule has 0 fully saturated rings. The smallest absolute Gasteiger partial charge is 0.232 e. The van der Waals surface area contributed by atoms with Gasteiger partial charge in [-0.3, -0.25) is 14.3 Å². The van der Waals surface area contributed by atoms with Crippen LogP contribution in [0.2, 0.25) is 0 Å². The second-order valence-electron chi connectivity index (χ2n) is 3.80. The molecule has 6 heteroatoms. The van der Waals surface area contributed by atoms with Crippen LogP contribution in [0.5, 0.6) is 0 Å². The van der Waals surface area contributed by atoms with Gasteiger partial charge in [-0.1, -0.05) is 6.07 Å². The Balaban J connectivity index is 2.34. The summed E-state index contributed by atoms with van der Waals surface area (Å²) in [5, 5.41) is 0. The predicted octanol–water partition coefficient (Wildman–Crippen LogP) is 1.44. The summed E-state index contributed by atoms with van der Waals surface area (Å²) in [4.78, 5) is 8.02. The molecule has 0 unspecified atom stereocenters. The van der Waals surface area contributed by atoms with Gasteiger partial charge in [-0.2, -0.15) is 0 Å². The molecule has 0 aromatic carbocycles. The fourth-order valence-corrected chi connectivity index (χ4v) is 2.42. The summed E-state index contributed by atoms with van der Waals surface area (Å²) in [6, 6.07) is 8.73. The molecule has 0 bridgehead atoms. The topological polar surface area (TPSA) is 63.2 Å². The molecule has 0 amide bonds. The van der Waals surface area contributed by atoms with Crippen molar-refractivity contribution in [1.82, 2.24) is 9.97 Å². The van der Waals surface area contributed by atoms with Gasteiger partial charge in [0.1, 0.15) is 0 Å². The Morgan fingerprint density at radius 1 is 1.11 bits per heavy atom. The fraction of sp³-hybridized carbons (Fsp3) is 0.167. The molecule has 0 saturated heterocycles. The van der Waals surface area contributed by atoms with Gasteiger partial charge in [0, 0.05) is 18.6 Å². The van der Waals surface area contributed by atoms with Gasteiger partial charge < -0.3 is 0 Å². The summed E-state index contributed by atoms with van der Waals surface area (Å²) in [6.07, 6.45) is 5.94. The van der Waals surface area contributed by atoms with E-state index in [0.29, 0.717) is 11.4 Å². The molecule has 0 atom stereocenters. The first kappa shape index (κ1) is 12.5. The molecule has 0 aliphatic rings. The van der Waals surface area contributed by atoms with E-state index in [-0.39, 0.29) is 6.54 Å². The van der Waals surface area contributed by atoms with Crippen molar-refractivity contribution < 1.29 is 8.42 Å². The Morgan fingerprint density at radius 3 is 2.39 bits per heavy atom. The van der Waals surface area contributed by atoms with Crippen LogP contribution in [0.3, 0.4) is 0 Å². The highest BCUT2D eigenvalue weighted by molar-refractivity contribution is 7.92. The van der Waals surface area contributed by atoms with E-state index in [4.69, 9.17) is 0 Å². The van der Waals surface area contributed by atoms with Crippen LogP contribution in [-0.4, -0.2) is 24.6 Å². The second-order valence-corrected chi connectivity index (χ2v) is 5.70. The zero-order chi connectivity index (χ0) is 13.0. The van der Waals surface area contributed by atoms with E-state index in [9.17, 15) is 8.42 Å². The van der Waals surface area contributed by atoms with Crippen LogP contribution in [0.25, 0.3) is 0 Å². The van der Waals surface area contributed by atoms with Crippen molar-refractivity contribution in [2.45, 2.75) is 6.54 Å². The highest BCUT2D eigenvalue weighted by atomic mass is 32.2. The van der Waals surface area contributed by atoms with Crippen LogP contribution < -0.4 is 4.31 Å². The Bertz CT molecular complexity index is 600. The van der Waals surface area contributed by atoms with Crippen molar-refractivity contribution in [1.29, 1.82) is 0 Å². The van der Waals surface area contributed by atoms with E-state index in [1.165, 1.54) is 10.6 Å². The van der Waals surface area contributed by atoms with Crippen LogP contribution >= 0.6 is 0 Å². The third-order valence-electron chi connectivity index (χ3n) is 2.38. The molecule has 2 aromatic heterocycles. The lowest BCUT2D eigenvalue weighted by Crippen LogP contribution is -2.29. The van der Waals surface area contributed by atoms with Gasteiger partial charge in [0.05, 0.1) is 24.2 Å². The lowest BCUT2D eigenvalue weighted by Gasteiger charge is -2.21. The zero-order valence-electron chi connectivity index (χ0n) is 9.89. The fourth-order valence-electron chi connectivity index (χ4n) is 1.55. The van der Waals surface area contributed by atoms with Gasteiger partial charge in [-0.25, -0.2) is 8.42 Å². The van der Waals surface area contributed by atoms with Gasteiger partial charge in [0.15, 0.2) is 0 Å². The first-order valence-electron chi connectivity index (χ1n) is 5.35. The lowest BCUT2D eigenvalue weighted by molar-refractivity contribution is 0.596. The molecule has 18 heavy (non-hydrogen) atoms. The maximum Gasteiger partial charge on any atom is 0.232 e. The first-order chi connectivity index (χ1) is 8.57. The molecule has 5 nitrogen and oxygen atoms in total. The summed E-state index contributed by atoms with van der Waals surface area (Å²) >= 11 is 0. The van der Waals surface area contributed by atoms with Crippen LogP contribution in [-0.2, 0) is 16.6 Å². The van der Waals surface area contributed by atoms with E-state index in [1.807, 2.05) is 6.07 Å². The normalized spacial score (nSPS) is 11.2. The molecular weight excluding hydrogens is 250 g/mol. The summed E-state index contributed by atoms with van der Waals surface area (Å²) in [5.41, 5.74) is 1.28. The average molecular weight is 263 g/mol. The van der Waals surface area contributed by atoms with Crippen molar-refractivity contribution in [2.75, 3.05) is 10.6 Å². The highest BCUT2D eigenvalue weighted by Gasteiger charge is 2.17. The monoisotopic (exact) mass is 263 g/mol. The molecule has 94 valence electrons. The minimum absolute atomic E-state index is 0.212. The molecule has 0 spiro atoms. The third kappa shape index (κ3) is 3.04. The third-order valence-corrected chi connectivity index (χ3v) is 3.52. The van der Waals surface area contributed by atoms with Crippen molar-refractivity contribution in [3.8, 4) is 0 Å². The SMILES string of the molecule is CS(=O)(=O)N(Cc1ccccn1)c1ccncc1. The Hall–Kier alpha value is -1.95. The lowest BCUT2D eigenvalue weighted by atomic mass is 10.3. The quantitative estimate of drug-likeness (QED) is 0.837. The second kappa shape index (κ2) is 5.14. The number of aromatic nitrogens is 2. The summed E-state index contributed by atoms with van der Waals surface area (Å²) in [6.45, 7) is 0.212. The van der Waals surface area contributed by atoms with Crippen molar-refractivity contribution in [2.24, 2.45) is 0 Å². The molecule has 2 rings (SSSR count). The van der Waals surface area contributed by atoms with E-state index in [1.54, 1.807) is 42.9 Å². The maximum atomic E-state index is 11.8. The summed E-state index contributed by atoms with van der Waals surface area (Å²) < 4.78 is 24.9. The van der Waals surface area contributed by atoms with Crippen molar-refractivity contribution in [3.05, 3.63) is 54.6 Å². The number of hydrogen-bond donors (Lipinski definition) is 0. The molecule has 0 aliphatic carbocycles. The molecule has 2 heterocycles. The average Bonchev–Trinajstić information content (AvgIpc) is 2.37. The standard InChI is InChI=1S/C12H13N3O2S/c1-18(16,17)15(12-5-8-13-9-6-12)10-11-4-2-3-7-14-11/h2-9H,10H2,1H3. The van der Waals surface area contributed by atoms with Gasteiger partial charge in [0.2, 0.25) is 10.0 Å². The minimum atomic E-state index is -3.35. The Kier molecular flexibility index (Phi) is 3.57. The van der Waals surface area contributed by atoms with Crippen LogP contribution in [0.15, 0.2) is 48.9 Å². The first-order valence-corrected chi connectivity index (χ1v) is 7.20. The molecule has 0 radical (unpaired) electrons. The van der Waals surface area contributed by atoms with Crippen molar-refractivity contribution in [3.63, 3.8) is 0 Å². The number of hydrogen-bond acceptors (Lipinski definition) is 4. The van der Waals surface area contributed by atoms with Gasteiger partial charge in [0.25, 0.3) is 0 Å². The zero-order valence-corrected chi connectivity index (χ0v) is 10.7. The Labute approximate surface area is 106 Å². The number of pyridine rings is 2. The molecule has 2 aromatic rings. The van der Waals surface area contributed by atoms with Gasteiger partial charge in [-0.05, 0) is 24.3 Å². The minimum Gasteiger partial charge on any atom is -0.265 e. The van der Waals surface area contributed by atoms with Crippen LogP contribution in [0, 0.1) is 0 Å². The van der Waals surface area contributed by atoms with Crippen molar-refractivity contribution >= 4 is 15.7 Å². The number of rotatable bonds is 4. The van der Waals surface area contributed by atoms with E-state index in [0.717, 1.165) is 0 Å². The van der Waals surface area contributed by atoms with E-state index < -0.39 is 10.0 Å². The molecule has 0 aliphatic heterocycles. The van der Waals surface area contributed by atoms with Gasteiger partial charge in [-0.15, -0.1) is 0 Å². The predicted molar refractivity (Wildman–Crippen MR) is 69.5 cm³/mol. The maximum absolute atomic E-state index is 11.8. The van der Waals surface area contributed by atoms with E-state index >= 15 is 0 Å². The highest BCUT2D eigenvalue weighted by Crippen LogP contribution is 2.18. The summed E-state index contributed by atoms with van der Waals surface area (Å²) in [7, 11) is -3.35. The summed E-state index contributed by atoms with van der Waals surface area (Å²) in [5.74, 6) is 0.